The number of hydrogen-bond acceptors (Lipinski definition) is 5. The second-order valence-corrected chi connectivity index (χ2v) is 6.02. The Morgan fingerprint density at radius 2 is 1.78 bits per heavy atom. The van der Waals surface area contributed by atoms with Crippen molar-refractivity contribution < 1.29 is 19.0 Å². The second kappa shape index (κ2) is 10.4. The molecular weight excluding hydrogens is 344 g/mol. The van der Waals surface area contributed by atoms with Crippen molar-refractivity contribution >= 4 is 11.6 Å². The highest BCUT2D eigenvalue weighted by Gasteiger charge is 2.16. The van der Waals surface area contributed by atoms with Crippen molar-refractivity contribution in [2.45, 2.75) is 26.3 Å². The quantitative estimate of drug-likeness (QED) is 0.669. The lowest BCUT2D eigenvalue weighted by Gasteiger charge is -2.15. The van der Waals surface area contributed by atoms with Gasteiger partial charge in [-0.3, -0.25) is 4.79 Å². The van der Waals surface area contributed by atoms with Crippen LogP contribution in [0.15, 0.2) is 36.4 Å². The van der Waals surface area contributed by atoms with Crippen molar-refractivity contribution in [1.82, 2.24) is 5.32 Å². The Morgan fingerprint density at radius 1 is 1.00 bits per heavy atom. The van der Waals surface area contributed by atoms with Gasteiger partial charge in [0.2, 0.25) is 11.7 Å². The summed E-state index contributed by atoms with van der Waals surface area (Å²) in [4.78, 5) is 12.4. The van der Waals surface area contributed by atoms with Crippen LogP contribution in [0.1, 0.15) is 24.5 Å². The van der Waals surface area contributed by atoms with E-state index >= 15 is 0 Å². The van der Waals surface area contributed by atoms with E-state index < -0.39 is 0 Å². The average Bonchev–Trinajstić information content (AvgIpc) is 2.69. The maximum atomic E-state index is 12.4. The fourth-order valence-electron chi connectivity index (χ4n) is 2.86. The molecule has 0 aromatic heterocycles. The summed E-state index contributed by atoms with van der Waals surface area (Å²) in [6.45, 7) is 3.75. The van der Waals surface area contributed by atoms with Crippen LogP contribution in [0.3, 0.4) is 0 Å². The van der Waals surface area contributed by atoms with E-state index in [4.69, 9.17) is 14.2 Å². The van der Waals surface area contributed by atoms with E-state index in [1.165, 1.54) is 0 Å². The number of ether oxygens (including phenoxy) is 3. The fraction of sp³-hybridized carbons (Fsp3) is 0.381. The molecule has 2 aromatic carbocycles. The average molecular weight is 372 g/mol. The van der Waals surface area contributed by atoms with Gasteiger partial charge in [0.25, 0.3) is 0 Å². The van der Waals surface area contributed by atoms with Crippen molar-refractivity contribution in [3.63, 3.8) is 0 Å². The van der Waals surface area contributed by atoms with Crippen molar-refractivity contribution in [1.29, 1.82) is 0 Å². The van der Waals surface area contributed by atoms with Gasteiger partial charge in [0.05, 0.1) is 21.3 Å². The van der Waals surface area contributed by atoms with Crippen molar-refractivity contribution in [3.8, 4) is 17.2 Å². The Labute approximate surface area is 160 Å². The molecule has 6 heteroatoms. The zero-order valence-corrected chi connectivity index (χ0v) is 16.4. The van der Waals surface area contributed by atoms with Gasteiger partial charge in [-0.1, -0.05) is 25.1 Å². The van der Waals surface area contributed by atoms with Crippen LogP contribution in [0.25, 0.3) is 0 Å². The zero-order chi connectivity index (χ0) is 19.6. The molecule has 0 aliphatic rings. The number of carbonyl (C=O) groups is 1. The summed E-state index contributed by atoms with van der Waals surface area (Å²) in [5, 5.41) is 6.23. The van der Waals surface area contributed by atoms with Crippen LogP contribution in [0.4, 0.5) is 5.69 Å². The molecule has 2 aromatic rings. The number of carbonyl (C=O) groups excluding carboxylic acids is 1. The molecular formula is C21H28N2O4. The molecule has 1 amide bonds. The smallest absolute Gasteiger partial charge is 0.224 e. The summed E-state index contributed by atoms with van der Waals surface area (Å²) in [7, 11) is 4.72. The molecule has 2 N–H and O–H groups in total. The first-order chi connectivity index (χ1) is 13.1. The number of rotatable bonds is 10. The molecule has 0 heterocycles. The van der Waals surface area contributed by atoms with E-state index in [0.717, 1.165) is 29.9 Å². The summed E-state index contributed by atoms with van der Waals surface area (Å²) in [5.41, 5.74) is 2.83. The second-order valence-electron chi connectivity index (χ2n) is 6.02. The van der Waals surface area contributed by atoms with Gasteiger partial charge in [-0.15, -0.1) is 0 Å². The number of aryl methyl sites for hydroxylation is 1. The van der Waals surface area contributed by atoms with E-state index in [1.54, 1.807) is 21.3 Å². The Kier molecular flexibility index (Phi) is 7.95. The van der Waals surface area contributed by atoms with Crippen LogP contribution >= 0.6 is 0 Å². The molecule has 27 heavy (non-hydrogen) atoms. The maximum absolute atomic E-state index is 12.4. The van der Waals surface area contributed by atoms with Gasteiger partial charge in [-0.05, 0) is 42.3 Å². The van der Waals surface area contributed by atoms with E-state index in [1.807, 2.05) is 36.4 Å². The fourth-order valence-corrected chi connectivity index (χ4v) is 2.86. The predicted molar refractivity (Wildman–Crippen MR) is 107 cm³/mol. The molecule has 0 saturated carbocycles. The van der Waals surface area contributed by atoms with Crippen LogP contribution in [0, 0.1) is 0 Å². The topological polar surface area (TPSA) is 68.8 Å². The van der Waals surface area contributed by atoms with E-state index in [9.17, 15) is 4.79 Å². The lowest BCUT2D eigenvalue weighted by molar-refractivity contribution is -0.116. The highest BCUT2D eigenvalue weighted by atomic mass is 16.5. The standard InChI is InChI=1S/C21H28N2O4/c1-5-22-14-15-7-6-8-17(13-15)23-19(24)12-10-16-9-11-18(25-2)21(27-4)20(16)26-3/h6-9,11,13,22H,5,10,12,14H2,1-4H3,(H,23,24). The highest BCUT2D eigenvalue weighted by molar-refractivity contribution is 5.91. The molecule has 0 saturated heterocycles. The Morgan fingerprint density at radius 3 is 2.44 bits per heavy atom. The van der Waals surface area contributed by atoms with Gasteiger partial charge >= 0.3 is 0 Å². The van der Waals surface area contributed by atoms with Crippen LogP contribution in [-0.4, -0.2) is 33.8 Å². The van der Waals surface area contributed by atoms with Gasteiger partial charge in [0, 0.05) is 18.7 Å². The molecule has 0 fully saturated rings. The number of benzene rings is 2. The zero-order valence-electron chi connectivity index (χ0n) is 16.4. The first-order valence-electron chi connectivity index (χ1n) is 9.00. The number of hydrogen-bond donors (Lipinski definition) is 2. The van der Waals surface area contributed by atoms with Crippen molar-refractivity contribution in [2.75, 3.05) is 33.2 Å². The molecule has 0 aliphatic carbocycles. The van der Waals surface area contributed by atoms with Gasteiger partial charge < -0.3 is 24.8 Å². The highest BCUT2D eigenvalue weighted by Crippen LogP contribution is 2.40. The van der Waals surface area contributed by atoms with E-state index in [2.05, 4.69) is 17.6 Å². The van der Waals surface area contributed by atoms with E-state index in [-0.39, 0.29) is 5.91 Å². The molecule has 2 rings (SSSR count). The minimum Gasteiger partial charge on any atom is -0.493 e. The van der Waals surface area contributed by atoms with Crippen LogP contribution in [0.2, 0.25) is 0 Å². The summed E-state index contributed by atoms with van der Waals surface area (Å²) in [6.07, 6.45) is 0.871. The summed E-state index contributed by atoms with van der Waals surface area (Å²) in [6, 6.07) is 11.6. The first kappa shape index (κ1) is 20.6. The number of anilines is 1. The lowest BCUT2D eigenvalue weighted by atomic mass is 10.1. The van der Waals surface area contributed by atoms with Gasteiger partial charge in [0.15, 0.2) is 11.5 Å². The molecule has 0 atom stereocenters. The Hall–Kier alpha value is -2.73. The molecule has 0 aliphatic heterocycles. The molecule has 0 radical (unpaired) electrons. The van der Waals surface area contributed by atoms with Crippen molar-refractivity contribution in [3.05, 3.63) is 47.5 Å². The third kappa shape index (κ3) is 5.62. The Balaban J connectivity index is 2.01. The summed E-state index contributed by atoms with van der Waals surface area (Å²) < 4.78 is 16.1. The number of nitrogens with one attached hydrogen (secondary N) is 2. The predicted octanol–water partition coefficient (Wildman–Crippen LogP) is 3.39. The minimum absolute atomic E-state index is 0.0487. The van der Waals surface area contributed by atoms with Crippen LogP contribution < -0.4 is 24.8 Å². The van der Waals surface area contributed by atoms with Crippen LogP contribution in [0.5, 0.6) is 17.2 Å². The largest absolute Gasteiger partial charge is 0.493 e. The number of amides is 1. The molecule has 0 bridgehead atoms. The molecule has 146 valence electrons. The lowest BCUT2D eigenvalue weighted by Crippen LogP contribution is -2.14. The minimum atomic E-state index is -0.0487. The van der Waals surface area contributed by atoms with E-state index in [0.29, 0.717) is 30.1 Å². The molecule has 6 nitrogen and oxygen atoms in total. The van der Waals surface area contributed by atoms with Gasteiger partial charge in [-0.2, -0.15) is 0 Å². The normalized spacial score (nSPS) is 10.4. The maximum Gasteiger partial charge on any atom is 0.224 e. The van der Waals surface area contributed by atoms with Crippen molar-refractivity contribution in [2.24, 2.45) is 0 Å². The summed E-state index contributed by atoms with van der Waals surface area (Å²) >= 11 is 0. The van der Waals surface area contributed by atoms with Gasteiger partial charge in [0.1, 0.15) is 0 Å². The monoisotopic (exact) mass is 372 g/mol. The number of methoxy groups -OCH3 is 3. The summed E-state index contributed by atoms with van der Waals surface area (Å²) in [5.74, 6) is 1.68. The Bertz CT molecular complexity index is 762. The first-order valence-corrected chi connectivity index (χ1v) is 9.00. The molecule has 0 spiro atoms. The SMILES string of the molecule is CCNCc1cccc(NC(=O)CCc2ccc(OC)c(OC)c2OC)c1. The third-order valence-corrected chi connectivity index (χ3v) is 4.20. The van der Waals surface area contributed by atoms with Crippen LogP contribution in [-0.2, 0) is 17.8 Å². The third-order valence-electron chi connectivity index (χ3n) is 4.20. The molecule has 0 unspecified atom stereocenters. The van der Waals surface area contributed by atoms with Gasteiger partial charge in [-0.25, -0.2) is 0 Å².